The number of para-hydroxylation sites is 1. The molecule has 0 aromatic heterocycles. The zero-order valence-corrected chi connectivity index (χ0v) is 17.9. The number of rotatable bonds is 11. The quantitative estimate of drug-likeness (QED) is 0.442. The Hall–Kier alpha value is -3.28. The van der Waals surface area contributed by atoms with Gasteiger partial charge in [-0.2, -0.15) is 0 Å². The second-order valence-corrected chi connectivity index (χ2v) is 6.90. The smallest absolute Gasteiger partial charge is 0.244 e. The number of nitrogens with one attached hydrogen (secondary N) is 2. The first kappa shape index (κ1) is 23.0. The van der Waals surface area contributed by atoms with Crippen LogP contribution in [0.15, 0.2) is 60.7 Å². The van der Waals surface area contributed by atoms with Crippen molar-refractivity contribution in [2.45, 2.75) is 26.3 Å². The Labute approximate surface area is 178 Å². The van der Waals surface area contributed by atoms with Crippen molar-refractivity contribution in [2.24, 2.45) is 0 Å². The van der Waals surface area contributed by atoms with E-state index in [1.54, 1.807) is 20.1 Å². The Morgan fingerprint density at radius 2 is 1.80 bits per heavy atom. The van der Waals surface area contributed by atoms with E-state index in [-0.39, 0.29) is 11.8 Å². The summed E-state index contributed by atoms with van der Waals surface area (Å²) in [5.41, 5.74) is 2.05. The summed E-state index contributed by atoms with van der Waals surface area (Å²) in [5, 5.41) is 5.57. The monoisotopic (exact) mass is 409 g/mol. The fourth-order valence-corrected chi connectivity index (χ4v) is 2.96. The van der Waals surface area contributed by atoms with Crippen LogP contribution in [-0.4, -0.2) is 44.6 Å². The molecule has 0 aliphatic carbocycles. The summed E-state index contributed by atoms with van der Waals surface area (Å²) in [4.78, 5) is 26.6. The van der Waals surface area contributed by atoms with E-state index in [0.717, 1.165) is 30.8 Å². The first-order valence-electron chi connectivity index (χ1n) is 10.2. The molecule has 0 saturated heterocycles. The molecule has 2 rings (SSSR count). The highest BCUT2D eigenvalue weighted by molar-refractivity contribution is 5.95. The van der Waals surface area contributed by atoms with E-state index >= 15 is 0 Å². The van der Waals surface area contributed by atoms with Crippen LogP contribution in [0.1, 0.15) is 25.8 Å². The van der Waals surface area contributed by atoms with Crippen LogP contribution < -0.4 is 20.3 Å². The first-order valence-corrected chi connectivity index (χ1v) is 10.2. The number of anilines is 1. The Morgan fingerprint density at radius 3 is 2.43 bits per heavy atom. The lowest BCUT2D eigenvalue weighted by Gasteiger charge is -2.23. The molecular weight excluding hydrogens is 378 g/mol. The summed E-state index contributed by atoms with van der Waals surface area (Å²) in [7, 11) is 1.60. The molecule has 1 atom stereocenters. The Kier molecular flexibility index (Phi) is 9.45. The minimum atomic E-state index is -0.602. The van der Waals surface area contributed by atoms with Gasteiger partial charge in [-0.1, -0.05) is 30.3 Å². The molecule has 0 radical (unpaired) electrons. The number of carbonyl (C=O) groups excluding carboxylic acids is 2. The molecular formula is C24H31N3O3. The molecule has 0 heterocycles. The predicted octanol–water partition coefficient (Wildman–Crippen LogP) is 3.25. The molecule has 0 aliphatic rings. The average molecular weight is 410 g/mol. The number of methoxy groups -OCH3 is 1. The highest BCUT2D eigenvalue weighted by Crippen LogP contribution is 2.13. The van der Waals surface area contributed by atoms with E-state index in [1.165, 1.54) is 11.8 Å². The summed E-state index contributed by atoms with van der Waals surface area (Å²) in [6, 6.07) is 17.0. The number of ether oxygens (including phenoxy) is 1. The Bertz CT molecular complexity index is 819. The summed E-state index contributed by atoms with van der Waals surface area (Å²) < 4.78 is 5.11. The first-order chi connectivity index (χ1) is 14.5. The molecule has 6 heteroatoms. The van der Waals surface area contributed by atoms with Crippen molar-refractivity contribution in [1.82, 2.24) is 10.6 Å². The van der Waals surface area contributed by atoms with Crippen LogP contribution >= 0.6 is 0 Å². The molecule has 30 heavy (non-hydrogen) atoms. The molecule has 0 unspecified atom stereocenters. The largest absolute Gasteiger partial charge is 0.497 e. The molecule has 0 saturated carbocycles. The van der Waals surface area contributed by atoms with E-state index in [0.29, 0.717) is 6.54 Å². The minimum Gasteiger partial charge on any atom is -0.497 e. The zero-order chi connectivity index (χ0) is 21.8. The lowest BCUT2D eigenvalue weighted by Crippen LogP contribution is -2.44. The maximum absolute atomic E-state index is 12.2. The van der Waals surface area contributed by atoms with Crippen LogP contribution in [0.4, 0.5) is 5.69 Å². The number of carbonyl (C=O) groups is 2. The molecule has 2 amide bonds. The number of hydrogen-bond acceptors (Lipinski definition) is 4. The van der Waals surface area contributed by atoms with E-state index in [2.05, 4.69) is 34.6 Å². The van der Waals surface area contributed by atoms with Crippen molar-refractivity contribution in [1.29, 1.82) is 0 Å². The molecule has 160 valence electrons. The van der Waals surface area contributed by atoms with Gasteiger partial charge >= 0.3 is 0 Å². The van der Waals surface area contributed by atoms with Crippen molar-refractivity contribution < 1.29 is 14.3 Å². The lowest BCUT2D eigenvalue weighted by atomic mass is 10.2. The van der Waals surface area contributed by atoms with Gasteiger partial charge in [-0.3, -0.25) is 9.59 Å². The van der Waals surface area contributed by atoms with Crippen LogP contribution in [-0.2, 0) is 9.59 Å². The molecule has 2 N–H and O–H groups in total. The number of benzene rings is 2. The highest BCUT2D eigenvalue weighted by Gasteiger charge is 2.13. The van der Waals surface area contributed by atoms with Gasteiger partial charge in [0.05, 0.1) is 7.11 Å². The highest BCUT2D eigenvalue weighted by atomic mass is 16.5. The number of amides is 2. The topological polar surface area (TPSA) is 70.7 Å². The molecule has 2 aromatic carbocycles. The summed E-state index contributed by atoms with van der Waals surface area (Å²) >= 11 is 0. The second-order valence-electron chi connectivity index (χ2n) is 6.90. The second kappa shape index (κ2) is 12.3. The fourth-order valence-electron chi connectivity index (χ4n) is 2.96. The molecule has 0 aliphatic heterocycles. The van der Waals surface area contributed by atoms with Gasteiger partial charge in [-0.15, -0.1) is 0 Å². The van der Waals surface area contributed by atoms with Crippen LogP contribution in [0.2, 0.25) is 0 Å². The normalized spacial score (nSPS) is 11.7. The van der Waals surface area contributed by atoms with Crippen molar-refractivity contribution in [3.8, 4) is 5.75 Å². The van der Waals surface area contributed by atoms with Gasteiger partial charge < -0.3 is 20.3 Å². The molecule has 2 aromatic rings. The third kappa shape index (κ3) is 7.62. The molecule has 0 bridgehead atoms. The molecule has 0 fully saturated rings. The van der Waals surface area contributed by atoms with E-state index in [1.807, 2.05) is 42.5 Å². The van der Waals surface area contributed by atoms with Gasteiger partial charge in [-0.05, 0) is 56.2 Å². The van der Waals surface area contributed by atoms with Gasteiger partial charge in [0, 0.05) is 31.4 Å². The Balaban J connectivity index is 1.70. The standard InChI is InChI=1S/C24H31N3O3/c1-4-27(21-9-6-5-7-10-21)18-8-17-25-24(29)19(2)26-23(28)16-13-20-11-14-22(30-3)15-12-20/h5-7,9-16,19H,4,8,17-18H2,1-3H3,(H,25,29)(H,26,28)/b16-13+/t19-/m0/s1. The minimum absolute atomic E-state index is 0.191. The fraction of sp³-hybridized carbons (Fsp3) is 0.333. The van der Waals surface area contributed by atoms with Crippen LogP contribution in [0.5, 0.6) is 5.75 Å². The third-order valence-corrected chi connectivity index (χ3v) is 4.70. The van der Waals surface area contributed by atoms with Crippen molar-refractivity contribution in [3.05, 3.63) is 66.2 Å². The van der Waals surface area contributed by atoms with Crippen LogP contribution in [0, 0.1) is 0 Å². The van der Waals surface area contributed by atoms with Crippen LogP contribution in [0.3, 0.4) is 0 Å². The summed E-state index contributed by atoms with van der Waals surface area (Å²) in [6.07, 6.45) is 3.94. The zero-order valence-electron chi connectivity index (χ0n) is 17.9. The number of nitrogens with zero attached hydrogens (tertiary/aromatic N) is 1. The third-order valence-electron chi connectivity index (χ3n) is 4.70. The van der Waals surface area contributed by atoms with Crippen LogP contribution in [0.25, 0.3) is 6.08 Å². The van der Waals surface area contributed by atoms with E-state index in [9.17, 15) is 9.59 Å². The van der Waals surface area contributed by atoms with Gasteiger partial charge in [0.1, 0.15) is 11.8 Å². The maximum atomic E-state index is 12.2. The SMILES string of the molecule is CCN(CCCNC(=O)[C@H](C)NC(=O)/C=C/c1ccc(OC)cc1)c1ccccc1. The summed E-state index contributed by atoms with van der Waals surface area (Å²) in [5.74, 6) is 0.256. The number of hydrogen-bond donors (Lipinski definition) is 2. The lowest BCUT2D eigenvalue weighted by molar-refractivity contribution is -0.126. The predicted molar refractivity (Wildman–Crippen MR) is 122 cm³/mol. The van der Waals surface area contributed by atoms with Crippen molar-refractivity contribution >= 4 is 23.6 Å². The van der Waals surface area contributed by atoms with Gasteiger partial charge in [0.25, 0.3) is 0 Å². The van der Waals surface area contributed by atoms with E-state index < -0.39 is 6.04 Å². The molecule has 0 spiro atoms. The Morgan fingerprint density at radius 1 is 1.10 bits per heavy atom. The van der Waals surface area contributed by atoms with Gasteiger partial charge in [0.15, 0.2) is 0 Å². The van der Waals surface area contributed by atoms with Crippen molar-refractivity contribution in [2.75, 3.05) is 31.6 Å². The maximum Gasteiger partial charge on any atom is 0.244 e. The van der Waals surface area contributed by atoms with Gasteiger partial charge in [-0.25, -0.2) is 0 Å². The van der Waals surface area contributed by atoms with Gasteiger partial charge in [0.2, 0.25) is 11.8 Å². The molecule has 6 nitrogen and oxygen atoms in total. The summed E-state index contributed by atoms with van der Waals surface area (Å²) in [6.45, 7) is 6.11. The average Bonchev–Trinajstić information content (AvgIpc) is 2.78. The van der Waals surface area contributed by atoms with Crippen molar-refractivity contribution in [3.63, 3.8) is 0 Å². The van der Waals surface area contributed by atoms with E-state index in [4.69, 9.17) is 4.74 Å².